The van der Waals surface area contributed by atoms with Gasteiger partial charge in [0.05, 0.1) is 37.1 Å². The minimum absolute atomic E-state index is 0.125. The van der Waals surface area contributed by atoms with E-state index in [1.165, 1.54) is 11.2 Å². The number of benzene rings is 1. The van der Waals surface area contributed by atoms with Crippen molar-refractivity contribution in [1.29, 1.82) is 10.5 Å². The quantitative estimate of drug-likeness (QED) is 0.623. The molecule has 0 radical (unpaired) electrons. The predicted molar refractivity (Wildman–Crippen MR) is 93.6 cm³/mol. The van der Waals surface area contributed by atoms with E-state index in [1.807, 2.05) is 42.5 Å². The number of carbonyl (C=O) groups excluding carboxylic acids is 2. The average molecular weight is 366 g/mol. The van der Waals surface area contributed by atoms with Crippen LogP contribution in [-0.4, -0.2) is 41.5 Å². The first-order valence-corrected chi connectivity index (χ1v) is 8.31. The Hall–Kier alpha value is -3.65. The summed E-state index contributed by atoms with van der Waals surface area (Å²) < 4.78 is 10.3. The molecule has 0 aliphatic heterocycles. The first kappa shape index (κ1) is 19.7. The fraction of sp³-hybridized carbons (Fsp3) is 0.316. The van der Waals surface area contributed by atoms with Gasteiger partial charge in [0.1, 0.15) is 6.26 Å². The zero-order valence-corrected chi connectivity index (χ0v) is 14.6. The number of carbonyl (C=O) groups is 2. The van der Waals surface area contributed by atoms with Gasteiger partial charge in [-0.2, -0.15) is 10.5 Å². The number of hydrogen-bond donors (Lipinski definition) is 0. The molecule has 8 heteroatoms. The van der Waals surface area contributed by atoms with Crippen molar-refractivity contribution in [2.45, 2.75) is 19.3 Å². The summed E-state index contributed by atoms with van der Waals surface area (Å²) in [6.45, 7) is -0.0599. The maximum Gasteiger partial charge on any atom is 0.312 e. The van der Waals surface area contributed by atoms with Gasteiger partial charge in [-0.05, 0) is 12.1 Å². The van der Waals surface area contributed by atoms with E-state index in [9.17, 15) is 9.59 Å². The molecule has 138 valence electrons. The number of oxazole rings is 1. The maximum atomic E-state index is 12.1. The van der Waals surface area contributed by atoms with Gasteiger partial charge in [0.2, 0.25) is 5.89 Å². The SMILES string of the molecule is N#CCCN(CCC#N)C(=O)COC(=O)Cc1coc(-c2ccccc2)n1. The molecule has 1 amide bonds. The number of amides is 1. The van der Waals surface area contributed by atoms with E-state index in [0.29, 0.717) is 11.6 Å². The highest BCUT2D eigenvalue weighted by Gasteiger charge is 2.17. The molecule has 0 saturated carbocycles. The number of nitriles is 2. The molecule has 8 nitrogen and oxygen atoms in total. The molecule has 0 aliphatic rings. The molecule has 0 bridgehead atoms. The van der Waals surface area contributed by atoms with E-state index < -0.39 is 18.5 Å². The minimum atomic E-state index is -0.614. The van der Waals surface area contributed by atoms with Crippen molar-refractivity contribution in [3.63, 3.8) is 0 Å². The van der Waals surface area contributed by atoms with Gasteiger partial charge in [0, 0.05) is 18.7 Å². The largest absolute Gasteiger partial charge is 0.455 e. The number of aromatic nitrogens is 1. The van der Waals surface area contributed by atoms with Crippen molar-refractivity contribution in [2.24, 2.45) is 0 Å². The molecule has 0 unspecified atom stereocenters. The monoisotopic (exact) mass is 366 g/mol. The summed E-state index contributed by atoms with van der Waals surface area (Å²) in [5.41, 5.74) is 1.19. The van der Waals surface area contributed by atoms with Crippen molar-refractivity contribution < 1.29 is 18.7 Å². The molecule has 1 aromatic heterocycles. The molecule has 0 aliphatic carbocycles. The van der Waals surface area contributed by atoms with Crippen LogP contribution in [-0.2, 0) is 20.7 Å². The van der Waals surface area contributed by atoms with Gasteiger partial charge >= 0.3 is 5.97 Å². The first-order chi connectivity index (χ1) is 13.1. The fourth-order valence-corrected chi connectivity index (χ4v) is 2.27. The van der Waals surface area contributed by atoms with Crippen molar-refractivity contribution in [3.05, 3.63) is 42.3 Å². The van der Waals surface area contributed by atoms with E-state index in [4.69, 9.17) is 19.7 Å². The summed E-state index contributed by atoms with van der Waals surface area (Å²) in [6.07, 6.45) is 1.54. The third-order valence-corrected chi connectivity index (χ3v) is 3.59. The van der Waals surface area contributed by atoms with Crippen LogP contribution < -0.4 is 0 Å². The molecule has 0 atom stereocenters. The smallest absolute Gasteiger partial charge is 0.312 e. The molecule has 27 heavy (non-hydrogen) atoms. The van der Waals surface area contributed by atoms with Crippen molar-refractivity contribution in [3.8, 4) is 23.6 Å². The van der Waals surface area contributed by atoms with E-state index >= 15 is 0 Å². The second-order valence-electron chi connectivity index (χ2n) is 5.54. The lowest BCUT2D eigenvalue weighted by Crippen LogP contribution is -2.36. The number of hydrogen-bond acceptors (Lipinski definition) is 7. The molecule has 0 N–H and O–H groups in total. The van der Waals surface area contributed by atoms with Gasteiger partial charge < -0.3 is 14.1 Å². The van der Waals surface area contributed by atoms with Gasteiger partial charge in [-0.1, -0.05) is 18.2 Å². The van der Waals surface area contributed by atoms with E-state index in [2.05, 4.69) is 4.98 Å². The number of esters is 1. The second kappa shape index (κ2) is 10.4. The highest BCUT2D eigenvalue weighted by molar-refractivity contribution is 5.81. The fourth-order valence-electron chi connectivity index (χ4n) is 2.27. The lowest BCUT2D eigenvalue weighted by Gasteiger charge is -2.19. The topological polar surface area (TPSA) is 120 Å². The third-order valence-electron chi connectivity index (χ3n) is 3.59. The summed E-state index contributed by atoms with van der Waals surface area (Å²) in [7, 11) is 0. The second-order valence-corrected chi connectivity index (χ2v) is 5.54. The Bertz CT molecular complexity index is 831. The van der Waals surface area contributed by atoms with Crippen LogP contribution in [0.4, 0.5) is 0 Å². The summed E-state index contributed by atoms with van der Waals surface area (Å²) in [4.78, 5) is 29.6. The van der Waals surface area contributed by atoms with E-state index in [1.54, 1.807) is 0 Å². The van der Waals surface area contributed by atoms with Crippen LogP contribution in [0.2, 0.25) is 0 Å². The van der Waals surface area contributed by atoms with Crippen LogP contribution in [0.5, 0.6) is 0 Å². The van der Waals surface area contributed by atoms with Crippen LogP contribution in [0.15, 0.2) is 41.0 Å². The summed E-state index contributed by atoms with van der Waals surface area (Å²) in [6, 6.07) is 13.1. The molecule has 0 fully saturated rings. The van der Waals surface area contributed by atoms with Gasteiger partial charge in [-0.25, -0.2) is 4.98 Å². The number of ether oxygens (including phenoxy) is 1. The summed E-state index contributed by atoms with van der Waals surface area (Å²) in [5.74, 6) is -0.663. The lowest BCUT2D eigenvalue weighted by atomic mass is 10.2. The molecule has 0 saturated heterocycles. The van der Waals surface area contributed by atoms with Crippen LogP contribution in [0.25, 0.3) is 11.5 Å². The van der Waals surface area contributed by atoms with Gasteiger partial charge in [0.15, 0.2) is 6.61 Å². The molecule has 1 aromatic carbocycles. The molecular formula is C19H18N4O4. The summed E-state index contributed by atoms with van der Waals surface area (Å²) >= 11 is 0. The Morgan fingerprint density at radius 2 is 1.78 bits per heavy atom. The van der Waals surface area contributed by atoms with Crippen molar-refractivity contribution in [1.82, 2.24) is 9.88 Å². The number of rotatable bonds is 9. The zero-order chi connectivity index (χ0) is 19.5. The van der Waals surface area contributed by atoms with Gasteiger partial charge in [-0.3, -0.25) is 9.59 Å². The van der Waals surface area contributed by atoms with Crippen molar-refractivity contribution >= 4 is 11.9 Å². The predicted octanol–water partition coefficient (Wildman–Crippen LogP) is 2.08. The lowest BCUT2D eigenvalue weighted by molar-refractivity contribution is -0.151. The Labute approximate surface area is 156 Å². The molecule has 2 aromatic rings. The maximum absolute atomic E-state index is 12.1. The van der Waals surface area contributed by atoms with E-state index in [-0.39, 0.29) is 32.4 Å². The van der Waals surface area contributed by atoms with Crippen LogP contribution in [0.3, 0.4) is 0 Å². The molecule has 1 heterocycles. The molecule has 2 rings (SSSR count). The minimum Gasteiger partial charge on any atom is -0.455 e. The third kappa shape index (κ3) is 6.29. The van der Waals surface area contributed by atoms with Gasteiger partial charge in [-0.15, -0.1) is 0 Å². The Morgan fingerprint density at radius 3 is 2.41 bits per heavy atom. The standard InChI is InChI=1S/C19H18N4O4/c20-8-4-10-23(11-5-9-21)17(24)14-26-18(25)12-16-13-27-19(22-16)15-6-2-1-3-7-15/h1-3,6-7,13H,4-5,10-12,14H2. The van der Waals surface area contributed by atoms with Crippen LogP contribution in [0.1, 0.15) is 18.5 Å². The highest BCUT2D eigenvalue weighted by atomic mass is 16.5. The van der Waals surface area contributed by atoms with Crippen molar-refractivity contribution in [2.75, 3.05) is 19.7 Å². The molecular weight excluding hydrogens is 348 g/mol. The Kier molecular flexibility index (Phi) is 7.55. The zero-order valence-electron chi connectivity index (χ0n) is 14.6. The van der Waals surface area contributed by atoms with Crippen LogP contribution in [0, 0.1) is 22.7 Å². The Balaban J connectivity index is 1.85. The first-order valence-electron chi connectivity index (χ1n) is 8.31. The Morgan fingerprint density at radius 1 is 1.11 bits per heavy atom. The number of nitrogens with zero attached hydrogens (tertiary/aromatic N) is 4. The molecule has 0 spiro atoms. The summed E-state index contributed by atoms with van der Waals surface area (Å²) in [5, 5.41) is 17.3. The van der Waals surface area contributed by atoms with E-state index in [0.717, 1.165) is 5.56 Å². The normalized spacial score (nSPS) is 9.85. The highest BCUT2D eigenvalue weighted by Crippen LogP contribution is 2.18. The van der Waals surface area contributed by atoms with Gasteiger partial charge in [0.25, 0.3) is 5.91 Å². The average Bonchev–Trinajstić information content (AvgIpc) is 3.15. The van der Waals surface area contributed by atoms with Crippen LogP contribution >= 0.6 is 0 Å².